The van der Waals surface area contributed by atoms with Crippen molar-refractivity contribution in [1.82, 2.24) is 0 Å². The minimum atomic E-state index is -0.636. The number of esters is 1. The van der Waals surface area contributed by atoms with Gasteiger partial charge in [0.15, 0.2) is 0 Å². The molecule has 0 spiro atoms. The monoisotopic (exact) mass is 296 g/mol. The molecular formula is C14H20N2O5. The first-order valence-electron chi connectivity index (χ1n) is 6.78. The van der Waals surface area contributed by atoms with Crippen LogP contribution in [0.5, 0.6) is 5.75 Å². The van der Waals surface area contributed by atoms with Gasteiger partial charge >= 0.3 is 5.97 Å². The fourth-order valence-electron chi connectivity index (χ4n) is 2.06. The van der Waals surface area contributed by atoms with Crippen molar-refractivity contribution in [3.05, 3.63) is 27.8 Å². The normalized spacial score (nSPS) is 10.1. The zero-order chi connectivity index (χ0) is 16.0. The molecule has 0 fully saturated rings. The van der Waals surface area contributed by atoms with E-state index in [2.05, 4.69) is 0 Å². The van der Waals surface area contributed by atoms with Crippen LogP contribution in [0.3, 0.4) is 0 Å². The third-order valence-corrected chi connectivity index (χ3v) is 3.09. The minimum Gasteiger partial charge on any atom is -0.496 e. The predicted molar refractivity (Wildman–Crippen MR) is 79.2 cm³/mol. The molecule has 7 nitrogen and oxygen atoms in total. The third kappa shape index (κ3) is 3.62. The summed E-state index contributed by atoms with van der Waals surface area (Å²) in [5, 5.41) is 11.3. The van der Waals surface area contributed by atoms with Gasteiger partial charge in [0.25, 0.3) is 5.69 Å². The molecule has 0 amide bonds. The van der Waals surface area contributed by atoms with E-state index in [4.69, 9.17) is 9.47 Å². The zero-order valence-electron chi connectivity index (χ0n) is 12.7. The van der Waals surface area contributed by atoms with Gasteiger partial charge in [-0.3, -0.25) is 10.1 Å². The average molecular weight is 296 g/mol. The lowest BCUT2D eigenvalue weighted by Gasteiger charge is -2.22. The summed E-state index contributed by atoms with van der Waals surface area (Å²) in [7, 11) is 1.41. The molecule has 116 valence electrons. The van der Waals surface area contributed by atoms with Gasteiger partial charge in [-0.1, -0.05) is 0 Å². The molecule has 0 aliphatic carbocycles. The van der Waals surface area contributed by atoms with Gasteiger partial charge in [0.1, 0.15) is 17.0 Å². The molecule has 0 bridgehead atoms. The van der Waals surface area contributed by atoms with Crippen LogP contribution in [0, 0.1) is 10.1 Å². The Kier molecular flexibility index (Phi) is 5.95. The van der Waals surface area contributed by atoms with Crippen molar-refractivity contribution in [2.75, 3.05) is 31.7 Å². The number of benzene rings is 1. The summed E-state index contributed by atoms with van der Waals surface area (Å²) < 4.78 is 10.1. The lowest BCUT2D eigenvalue weighted by atomic mass is 10.1. The van der Waals surface area contributed by atoms with Crippen LogP contribution in [0.1, 0.15) is 31.1 Å². The molecule has 0 heterocycles. The molecule has 0 unspecified atom stereocenters. The summed E-state index contributed by atoms with van der Waals surface area (Å²) in [6, 6.07) is 2.72. The maximum absolute atomic E-state index is 11.9. The van der Waals surface area contributed by atoms with E-state index in [-0.39, 0.29) is 23.6 Å². The molecule has 21 heavy (non-hydrogen) atoms. The van der Waals surface area contributed by atoms with E-state index in [1.807, 2.05) is 18.7 Å². The number of ether oxygens (including phenoxy) is 2. The lowest BCUT2D eigenvalue weighted by molar-refractivity contribution is -0.384. The number of rotatable bonds is 7. The molecular weight excluding hydrogens is 276 g/mol. The Labute approximate surface area is 123 Å². The SMILES string of the molecule is CCOC(=O)c1cc([N+](=O)[O-])c(N(CC)CC)cc1OC. The largest absolute Gasteiger partial charge is 0.496 e. The van der Waals surface area contributed by atoms with Crippen molar-refractivity contribution in [2.24, 2.45) is 0 Å². The second kappa shape index (κ2) is 7.47. The van der Waals surface area contributed by atoms with Crippen LogP contribution in [-0.4, -0.2) is 37.7 Å². The van der Waals surface area contributed by atoms with Gasteiger partial charge in [0.2, 0.25) is 0 Å². The number of nitro groups is 1. The number of hydrogen-bond donors (Lipinski definition) is 0. The molecule has 0 atom stereocenters. The van der Waals surface area contributed by atoms with Gasteiger partial charge in [-0.15, -0.1) is 0 Å². The molecule has 0 N–H and O–H groups in total. The summed E-state index contributed by atoms with van der Waals surface area (Å²) in [6.07, 6.45) is 0. The fraction of sp³-hybridized carbons (Fsp3) is 0.500. The molecule has 0 aliphatic heterocycles. The molecule has 1 aromatic rings. The fourth-order valence-corrected chi connectivity index (χ4v) is 2.06. The van der Waals surface area contributed by atoms with E-state index in [0.29, 0.717) is 18.8 Å². The smallest absolute Gasteiger partial charge is 0.342 e. The summed E-state index contributed by atoms with van der Waals surface area (Å²) >= 11 is 0. The molecule has 0 aliphatic rings. The summed E-state index contributed by atoms with van der Waals surface area (Å²) in [5.74, 6) is -0.371. The molecule has 0 saturated carbocycles. The standard InChI is InChI=1S/C14H20N2O5/c1-5-15(6-2)11-9-13(20-4)10(14(17)21-7-3)8-12(11)16(18)19/h8-9H,5-7H2,1-4H3. The molecule has 0 saturated heterocycles. The first-order chi connectivity index (χ1) is 9.99. The zero-order valence-corrected chi connectivity index (χ0v) is 12.7. The number of nitro benzene ring substituents is 1. The van der Waals surface area contributed by atoms with Crippen LogP contribution in [0.4, 0.5) is 11.4 Å². The van der Waals surface area contributed by atoms with E-state index in [9.17, 15) is 14.9 Å². The second-order valence-corrected chi connectivity index (χ2v) is 4.19. The van der Waals surface area contributed by atoms with Crippen molar-refractivity contribution >= 4 is 17.3 Å². The second-order valence-electron chi connectivity index (χ2n) is 4.19. The molecule has 7 heteroatoms. The Bertz CT molecular complexity index is 526. The van der Waals surface area contributed by atoms with Crippen LogP contribution in [-0.2, 0) is 4.74 Å². The lowest BCUT2D eigenvalue weighted by Crippen LogP contribution is -2.23. The summed E-state index contributed by atoms with van der Waals surface area (Å²) in [5.41, 5.74) is 0.347. The van der Waals surface area contributed by atoms with E-state index >= 15 is 0 Å². The number of carbonyl (C=O) groups excluding carboxylic acids is 1. The highest BCUT2D eigenvalue weighted by atomic mass is 16.6. The van der Waals surface area contributed by atoms with Crippen molar-refractivity contribution in [3.63, 3.8) is 0 Å². The molecule has 0 aromatic heterocycles. The van der Waals surface area contributed by atoms with Crippen LogP contribution in [0.25, 0.3) is 0 Å². The van der Waals surface area contributed by atoms with Crippen molar-refractivity contribution in [1.29, 1.82) is 0 Å². The maximum atomic E-state index is 11.9. The Balaban J connectivity index is 3.47. The Morgan fingerprint density at radius 3 is 2.33 bits per heavy atom. The van der Waals surface area contributed by atoms with Gasteiger partial charge < -0.3 is 14.4 Å². The van der Waals surface area contributed by atoms with Crippen LogP contribution >= 0.6 is 0 Å². The Morgan fingerprint density at radius 1 is 1.29 bits per heavy atom. The van der Waals surface area contributed by atoms with E-state index in [0.717, 1.165) is 0 Å². The minimum absolute atomic E-state index is 0.0574. The van der Waals surface area contributed by atoms with E-state index < -0.39 is 10.9 Å². The molecule has 1 aromatic carbocycles. The first kappa shape index (κ1) is 16.7. The van der Waals surface area contributed by atoms with Gasteiger partial charge in [-0.2, -0.15) is 0 Å². The quantitative estimate of drug-likeness (QED) is 0.437. The van der Waals surface area contributed by atoms with Gasteiger partial charge in [0, 0.05) is 25.2 Å². The number of anilines is 1. The van der Waals surface area contributed by atoms with Crippen LogP contribution < -0.4 is 9.64 Å². The summed E-state index contributed by atoms with van der Waals surface area (Å²) in [4.78, 5) is 24.5. The van der Waals surface area contributed by atoms with Gasteiger partial charge in [-0.05, 0) is 20.8 Å². The highest BCUT2D eigenvalue weighted by Crippen LogP contribution is 2.35. The third-order valence-electron chi connectivity index (χ3n) is 3.09. The van der Waals surface area contributed by atoms with Crippen LogP contribution in [0.15, 0.2) is 12.1 Å². The van der Waals surface area contributed by atoms with E-state index in [1.54, 1.807) is 6.92 Å². The van der Waals surface area contributed by atoms with Crippen molar-refractivity contribution in [3.8, 4) is 5.75 Å². The Hall–Kier alpha value is -2.31. The predicted octanol–water partition coefficient (Wildman–Crippen LogP) is 2.63. The highest BCUT2D eigenvalue weighted by Gasteiger charge is 2.25. The topological polar surface area (TPSA) is 81.9 Å². The first-order valence-corrected chi connectivity index (χ1v) is 6.78. The number of methoxy groups -OCH3 is 1. The number of hydrogen-bond acceptors (Lipinski definition) is 6. The number of nitrogens with zero attached hydrogens (tertiary/aromatic N) is 2. The highest BCUT2D eigenvalue weighted by molar-refractivity contribution is 5.95. The molecule has 0 radical (unpaired) electrons. The molecule has 1 rings (SSSR count). The van der Waals surface area contributed by atoms with Crippen molar-refractivity contribution in [2.45, 2.75) is 20.8 Å². The average Bonchev–Trinajstić information content (AvgIpc) is 2.47. The Morgan fingerprint density at radius 2 is 1.90 bits per heavy atom. The van der Waals surface area contributed by atoms with Gasteiger partial charge in [-0.25, -0.2) is 4.79 Å². The maximum Gasteiger partial charge on any atom is 0.342 e. The number of carbonyl (C=O) groups is 1. The summed E-state index contributed by atoms with van der Waals surface area (Å²) in [6.45, 7) is 6.88. The van der Waals surface area contributed by atoms with E-state index in [1.165, 1.54) is 19.2 Å². The van der Waals surface area contributed by atoms with Crippen LogP contribution in [0.2, 0.25) is 0 Å². The van der Waals surface area contributed by atoms with Gasteiger partial charge in [0.05, 0.1) is 18.6 Å². The van der Waals surface area contributed by atoms with Crippen molar-refractivity contribution < 1.29 is 19.2 Å².